The number of carbonyl (C=O) groups is 1. The second kappa shape index (κ2) is 6.85. The topological polar surface area (TPSA) is 99.9 Å². The van der Waals surface area contributed by atoms with Crippen molar-refractivity contribution in [2.75, 3.05) is 0 Å². The first-order valence-corrected chi connectivity index (χ1v) is 7.70. The molecule has 7 heteroatoms. The highest BCUT2D eigenvalue weighted by Crippen LogP contribution is 2.29. The summed E-state index contributed by atoms with van der Waals surface area (Å²) >= 11 is 2.07. The summed E-state index contributed by atoms with van der Waals surface area (Å²) in [6.45, 7) is 0. The Morgan fingerprint density at radius 2 is 1.84 bits per heavy atom. The lowest BCUT2D eigenvalue weighted by atomic mass is 10.1. The Morgan fingerprint density at radius 3 is 2.56 bits per heavy atom. The van der Waals surface area contributed by atoms with Crippen LogP contribution < -0.4 is 3.79 Å². The number of benzene rings is 2. The fourth-order valence-corrected chi connectivity index (χ4v) is 2.55. The number of hydrogen-bond acceptors (Lipinski definition) is 5. The van der Waals surface area contributed by atoms with Crippen LogP contribution in [-0.2, 0) is 0 Å². The van der Waals surface area contributed by atoms with Crippen LogP contribution in [0.1, 0.15) is 21.6 Å². The minimum absolute atomic E-state index is 0.0297. The molecule has 0 saturated carbocycles. The summed E-state index contributed by atoms with van der Waals surface area (Å²) < 4.78 is 4.98. The van der Waals surface area contributed by atoms with Crippen molar-refractivity contribution in [2.24, 2.45) is 0 Å². The highest BCUT2D eigenvalue weighted by molar-refractivity contribution is 6.00. The number of pyridine rings is 1. The number of aromatic hydroxyl groups is 2. The molecule has 3 N–H and O–H groups in total. The number of aromatic carboxylic acids is 1. The van der Waals surface area contributed by atoms with Gasteiger partial charge in [0, 0.05) is 5.39 Å². The van der Waals surface area contributed by atoms with Crippen LogP contribution in [0.3, 0.4) is 0 Å². The van der Waals surface area contributed by atoms with Crippen molar-refractivity contribution in [1.82, 2.24) is 4.98 Å². The number of phenols is 2. The molecule has 1 heterocycles. The summed E-state index contributed by atoms with van der Waals surface area (Å²) in [5.74, 6) is -1.22. The van der Waals surface area contributed by atoms with E-state index >= 15 is 0 Å². The zero-order chi connectivity index (χ0) is 18.0. The van der Waals surface area contributed by atoms with Crippen LogP contribution >= 0.6 is 0 Å². The zero-order valence-electron chi connectivity index (χ0n) is 12.9. The molecule has 0 fully saturated rings. The van der Waals surface area contributed by atoms with Gasteiger partial charge in [0.2, 0.25) is 0 Å². The highest BCUT2D eigenvalue weighted by atomic mass is 27.1. The Hall–Kier alpha value is -3.01. The van der Waals surface area contributed by atoms with Gasteiger partial charge in [-0.05, 0) is 35.9 Å². The Labute approximate surface area is 151 Å². The zero-order valence-corrected chi connectivity index (χ0v) is 14.0. The summed E-state index contributed by atoms with van der Waals surface area (Å²) in [5, 5.41) is 29.4. The van der Waals surface area contributed by atoms with Gasteiger partial charge in [0.15, 0.2) is 11.5 Å². The molecule has 0 unspecified atom stereocenters. The molecule has 0 spiro atoms. The summed E-state index contributed by atoms with van der Waals surface area (Å²) in [4.78, 5) is 15.4. The van der Waals surface area contributed by atoms with E-state index in [0.717, 1.165) is 5.56 Å². The van der Waals surface area contributed by atoms with Crippen LogP contribution in [0.4, 0.5) is 0 Å². The summed E-state index contributed by atoms with van der Waals surface area (Å²) in [6.07, 6.45) is 3.48. The Balaban J connectivity index is 1.99. The molecule has 0 atom stereocenters. The third kappa shape index (κ3) is 3.43. The molecule has 3 aromatic rings. The van der Waals surface area contributed by atoms with Crippen LogP contribution in [-0.4, -0.2) is 42.9 Å². The fourth-order valence-electron chi connectivity index (χ4n) is 2.36. The minimum Gasteiger partial charge on any atom is -0.651 e. The van der Waals surface area contributed by atoms with Crippen molar-refractivity contribution < 1.29 is 23.9 Å². The molecule has 3 rings (SSSR count). The van der Waals surface area contributed by atoms with E-state index in [-0.39, 0.29) is 22.6 Å². The van der Waals surface area contributed by atoms with E-state index in [1.165, 1.54) is 12.1 Å². The molecule has 0 amide bonds. The van der Waals surface area contributed by atoms with Gasteiger partial charge in [0.25, 0.3) is 0 Å². The number of hydrogen-bond donors (Lipinski definition) is 3. The number of phenolic OH excluding ortho intramolecular Hbond substituents is 1. The summed E-state index contributed by atoms with van der Waals surface area (Å²) in [6, 6.07) is 11.3. The van der Waals surface area contributed by atoms with E-state index in [4.69, 9.17) is 8.90 Å². The van der Waals surface area contributed by atoms with Gasteiger partial charge in [-0.25, -0.2) is 9.78 Å². The monoisotopic (exact) mass is 349 g/mol. The van der Waals surface area contributed by atoms with Gasteiger partial charge >= 0.3 is 22.6 Å². The van der Waals surface area contributed by atoms with Crippen LogP contribution in [0.5, 0.6) is 17.2 Å². The lowest BCUT2D eigenvalue weighted by molar-refractivity contribution is 0.0694. The van der Waals surface area contributed by atoms with Gasteiger partial charge in [-0.15, -0.1) is 0 Å². The van der Waals surface area contributed by atoms with Gasteiger partial charge in [-0.3, -0.25) is 0 Å². The lowest BCUT2D eigenvalue weighted by Gasteiger charge is -2.06. The lowest BCUT2D eigenvalue weighted by Crippen LogP contribution is -1.97. The first-order chi connectivity index (χ1) is 12.0. The van der Waals surface area contributed by atoms with Crippen molar-refractivity contribution in [3.8, 4) is 17.2 Å². The highest BCUT2D eigenvalue weighted by Gasteiger charge is 2.13. The van der Waals surface area contributed by atoms with E-state index in [2.05, 4.69) is 21.6 Å². The molecule has 6 nitrogen and oxygen atoms in total. The van der Waals surface area contributed by atoms with Crippen molar-refractivity contribution in [3.05, 3.63) is 59.3 Å². The smallest absolute Gasteiger partial charge is 0.482 e. The molecular formula is C18H12AlNO5. The van der Waals surface area contributed by atoms with E-state index in [9.17, 15) is 15.0 Å². The second-order valence-corrected chi connectivity index (χ2v) is 5.49. The quantitative estimate of drug-likeness (QED) is 0.626. The first kappa shape index (κ1) is 16.8. The van der Waals surface area contributed by atoms with E-state index in [0.29, 0.717) is 16.8 Å². The van der Waals surface area contributed by atoms with E-state index in [1.54, 1.807) is 42.5 Å². The maximum atomic E-state index is 11.1. The molecule has 0 aliphatic carbocycles. The van der Waals surface area contributed by atoms with E-state index < -0.39 is 5.97 Å². The van der Waals surface area contributed by atoms with Gasteiger partial charge < -0.3 is 19.1 Å². The predicted molar refractivity (Wildman–Crippen MR) is 93.8 cm³/mol. The van der Waals surface area contributed by atoms with Crippen LogP contribution in [0.25, 0.3) is 23.1 Å². The van der Waals surface area contributed by atoms with Gasteiger partial charge in [0.1, 0.15) is 16.8 Å². The molecule has 1 aromatic heterocycles. The van der Waals surface area contributed by atoms with Crippen LogP contribution in [0, 0.1) is 0 Å². The van der Waals surface area contributed by atoms with Crippen molar-refractivity contribution >= 4 is 45.6 Å². The van der Waals surface area contributed by atoms with Gasteiger partial charge in [-0.1, -0.05) is 24.3 Å². The standard InChI is InChI=1S/C18H13NO5.Al/c20-14-8-2-10(9-15(14)21)1-5-12-6-3-11-4-7-13(18(23)24)17(22)16(11)19-12;/h1-9,20-22H,(H,23,24);/q;+1/p-1/b5-1+;. The molecule has 2 aromatic carbocycles. The number of rotatable bonds is 4. The van der Waals surface area contributed by atoms with Crippen molar-refractivity contribution in [1.29, 1.82) is 0 Å². The number of carboxylic acids is 1. The fraction of sp³-hybridized carbons (Fsp3) is 0. The van der Waals surface area contributed by atoms with Crippen LogP contribution in [0.15, 0.2) is 42.5 Å². The first-order valence-electron chi connectivity index (χ1n) is 7.23. The average Bonchev–Trinajstić information content (AvgIpc) is 2.61. The largest absolute Gasteiger partial charge is 0.651 e. The summed E-state index contributed by atoms with van der Waals surface area (Å²) in [7, 11) is 0. The number of nitrogens with zero attached hydrogens (tertiary/aromatic N) is 1. The predicted octanol–water partition coefficient (Wildman–Crippen LogP) is 2.98. The molecule has 2 radical (unpaired) electrons. The maximum absolute atomic E-state index is 11.1. The number of aromatic nitrogens is 1. The average molecular weight is 349 g/mol. The van der Waals surface area contributed by atoms with Crippen molar-refractivity contribution in [2.45, 2.75) is 0 Å². The normalized spacial score (nSPS) is 11.0. The molecule has 122 valence electrons. The molecular weight excluding hydrogens is 337 g/mol. The maximum Gasteiger partial charge on any atom is 0.482 e. The van der Waals surface area contributed by atoms with Crippen molar-refractivity contribution in [3.63, 3.8) is 0 Å². The number of carboxylic acid groups (broad SMARTS) is 1. The van der Waals surface area contributed by atoms with Crippen LogP contribution in [0.2, 0.25) is 0 Å². The Kier molecular flexibility index (Phi) is 4.61. The third-order valence-electron chi connectivity index (χ3n) is 3.64. The molecule has 0 aliphatic heterocycles. The molecule has 0 aliphatic rings. The van der Waals surface area contributed by atoms with Gasteiger partial charge in [-0.2, -0.15) is 0 Å². The minimum atomic E-state index is -1.21. The molecule has 0 saturated heterocycles. The molecule has 0 bridgehead atoms. The third-order valence-corrected chi connectivity index (χ3v) is 3.90. The Morgan fingerprint density at radius 1 is 1.08 bits per heavy atom. The van der Waals surface area contributed by atoms with Gasteiger partial charge in [0.05, 0.1) is 5.69 Å². The molecule has 25 heavy (non-hydrogen) atoms. The Bertz CT molecular complexity index is 1000. The number of fused-ring (bicyclic) bond motifs is 1. The van der Waals surface area contributed by atoms with E-state index in [1.807, 2.05) is 0 Å². The second-order valence-electron chi connectivity index (χ2n) is 5.25. The SMILES string of the molecule is O=C(O)c1ccc2ccc(/C=C/c3ccc(O)c([O][Al])c3)nc2c1O. The summed E-state index contributed by atoms with van der Waals surface area (Å²) in [5.41, 5.74) is 1.36.